The summed E-state index contributed by atoms with van der Waals surface area (Å²) in [6, 6.07) is 26.8. The second kappa shape index (κ2) is 19.6. The van der Waals surface area contributed by atoms with Crippen LogP contribution in [0.3, 0.4) is 0 Å². The van der Waals surface area contributed by atoms with Gasteiger partial charge in [0.15, 0.2) is 0 Å². The molecule has 0 bridgehead atoms. The summed E-state index contributed by atoms with van der Waals surface area (Å²) in [6.07, 6.45) is 4.54. The molecule has 0 fully saturated rings. The number of hydroxylamine groups is 1. The van der Waals surface area contributed by atoms with Gasteiger partial charge in [-0.3, -0.25) is 24.0 Å². The molecule has 228 valence electrons. The first-order valence-corrected chi connectivity index (χ1v) is 14.8. The monoisotopic (exact) mass is 587 g/mol. The molecule has 3 amide bonds. The topological polar surface area (TPSA) is 123 Å². The molecule has 0 saturated carbocycles. The predicted molar refractivity (Wildman–Crippen MR) is 163 cm³/mol. The van der Waals surface area contributed by atoms with E-state index in [1.807, 2.05) is 78.9 Å². The number of esters is 1. The first-order chi connectivity index (χ1) is 21.0. The Labute approximate surface area is 253 Å². The predicted octanol–water partition coefficient (Wildman–Crippen LogP) is 5.01. The minimum absolute atomic E-state index is 0.0370. The van der Waals surface area contributed by atoms with Crippen molar-refractivity contribution in [2.75, 3.05) is 6.54 Å². The van der Waals surface area contributed by atoms with Crippen LogP contribution in [0.25, 0.3) is 0 Å². The van der Waals surface area contributed by atoms with Gasteiger partial charge in [-0.05, 0) is 42.5 Å². The largest absolute Gasteiger partial charge is 0.461 e. The number of ether oxygens (including phenoxy) is 1. The highest BCUT2D eigenvalue weighted by Crippen LogP contribution is 2.09. The van der Waals surface area contributed by atoms with Crippen LogP contribution in [0.15, 0.2) is 91.0 Å². The first-order valence-electron chi connectivity index (χ1n) is 14.8. The summed E-state index contributed by atoms with van der Waals surface area (Å²) in [5.41, 5.74) is 4.79. The van der Waals surface area contributed by atoms with Crippen molar-refractivity contribution in [2.24, 2.45) is 0 Å². The lowest BCUT2D eigenvalue weighted by Gasteiger charge is -2.18. The molecule has 0 aliphatic carbocycles. The fourth-order valence-corrected chi connectivity index (χ4v) is 4.28. The van der Waals surface area contributed by atoms with Gasteiger partial charge in [0.25, 0.3) is 11.8 Å². The number of unbranched alkanes of at least 4 members (excludes halogenated alkanes) is 4. The van der Waals surface area contributed by atoms with Crippen LogP contribution in [0.4, 0.5) is 0 Å². The van der Waals surface area contributed by atoms with Crippen molar-refractivity contribution in [3.63, 3.8) is 0 Å². The molecule has 0 aliphatic rings. The lowest BCUT2D eigenvalue weighted by atomic mass is 10.1. The maximum atomic E-state index is 12.8. The Morgan fingerprint density at radius 3 is 1.91 bits per heavy atom. The number of hydrogen-bond acceptors (Lipinski definition) is 6. The number of amides is 3. The molecule has 0 spiro atoms. The standard InChI is InChI=1S/C34H41N3O6/c38-31(21-13-2-1-3-14-24-35-33(40)29-19-11-6-12-20-29)36-30(34(41)37-43-26-28-17-9-5-10-18-28)22-23-32(39)42-25-27-15-7-4-8-16-27/h4-12,15-20,30H,1-3,13-14,21-26H2,(H,35,40)(H,36,38)(H,37,41)/t30-/m1/s1. The fourth-order valence-electron chi connectivity index (χ4n) is 4.28. The van der Waals surface area contributed by atoms with Crippen LogP contribution in [-0.4, -0.2) is 36.3 Å². The molecule has 0 aromatic heterocycles. The van der Waals surface area contributed by atoms with Gasteiger partial charge in [0.2, 0.25) is 5.91 Å². The molecule has 3 rings (SSSR count). The third-order valence-electron chi connectivity index (χ3n) is 6.69. The lowest BCUT2D eigenvalue weighted by Crippen LogP contribution is -2.46. The third kappa shape index (κ3) is 13.8. The minimum Gasteiger partial charge on any atom is -0.461 e. The van der Waals surface area contributed by atoms with Gasteiger partial charge >= 0.3 is 5.97 Å². The van der Waals surface area contributed by atoms with E-state index < -0.39 is 17.9 Å². The van der Waals surface area contributed by atoms with E-state index in [9.17, 15) is 19.2 Å². The Balaban J connectivity index is 1.35. The average Bonchev–Trinajstić information content (AvgIpc) is 3.04. The van der Waals surface area contributed by atoms with Gasteiger partial charge in [0.05, 0.1) is 6.61 Å². The van der Waals surface area contributed by atoms with Gasteiger partial charge in [-0.15, -0.1) is 0 Å². The van der Waals surface area contributed by atoms with Crippen molar-refractivity contribution in [3.05, 3.63) is 108 Å². The van der Waals surface area contributed by atoms with E-state index >= 15 is 0 Å². The van der Waals surface area contributed by atoms with E-state index in [2.05, 4.69) is 16.1 Å². The van der Waals surface area contributed by atoms with Crippen molar-refractivity contribution in [3.8, 4) is 0 Å². The summed E-state index contributed by atoms with van der Waals surface area (Å²) in [7, 11) is 0. The third-order valence-corrected chi connectivity index (χ3v) is 6.69. The number of carbonyl (C=O) groups is 4. The zero-order chi connectivity index (χ0) is 30.5. The molecule has 3 N–H and O–H groups in total. The van der Waals surface area contributed by atoms with Crippen molar-refractivity contribution < 1.29 is 28.8 Å². The fraction of sp³-hybridized carbons (Fsp3) is 0.353. The molecule has 3 aromatic rings. The molecule has 9 nitrogen and oxygen atoms in total. The Bertz CT molecular complexity index is 1250. The van der Waals surface area contributed by atoms with Gasteiger partial charge in [-0.2, -0.15) is 0 Å². The molecule has 0 radical (unpaired) electrons. The number of nitrogens with one attached hydrogen (secondary N) is 3. The maximum Gasteiger partial charge on any atom is 0.306 e. The number of benzene rings is 3. The summed E-state index contributed by atoms with van der Waals surface area (Å²) in [5, 5.41) is 5.66. The second-order valence-electron chi connectivity index (χ2n) is 10.2. The summed E-state index contributed by atoms with van der Waals surface area (Å²) in [6.45, 7) is 0.913. The summed E-state index contributed by atoms with van der Waals surface area (Å²) in [5.74, 6) is -1.33. The SMILES string of the molecule is O=C(CCCCCCCNC(=O)c1ccccc1)N[C@H](CCC(=O)OCc1ccccc1)C(=O)NOCc1ccccc1. The molecule has 3 aromatic carbocycles. The number of hydrogen-bond donors (Lipinski definition) is 3. The lowest BCUT2D eigenvalue weighted by molar-refractivity contribution is -0.146. The van der Waals surface area contributed by atoms with Crippen LogP contribution in [0, 0.1) is 0 Å². The van der Waals surface area contributed by atoms with Gasteiger partial charge in [-0.25, -0.2) is 5.48 Å². The molecule has 0 heterocycles. The van der Waals surface area contributed by atoms with Crippen LogP contribution < -0.4 is 16.1 Å². The molecule has 1 atom stereocenters. The quantitative estimate of drug-likeness (QED) is 0.103. The summed E-state index contributed by atoms with van der Waals surface area (Å²) in [4.78, 5) is 55.3. The van der Waals surface area contributed by atoms with E-state index in [0.717, 1.165) is 36.8 Å². The van der Waals surface area contributed by atoms with E-state index in [1.54, 1.807) is 12.1 Å². The molecular formula is C34H41N3O6. The van der Waals surface area contributed by atoms with Crippen molar-refractivity contribution in [1.82, 2.24) is 16.1 Å². The molecule has 0 aliphatic heterocycles. The second-order valence-corrected chi connectivity index (χ2v) is 10.2. The van der Waals surface area contributed by atoms with E-state index in [4.69, 9.17) is 9.57 Å². The highest BCUT2D eigenvalue weighted by Gasteiger charge is 2.22. The van der Waals surface area contributed by atoms with Gasteiger partial charge in [0, 0.05) is 24.9 Å². The molecular weight excluding hydrogens is 546 g/mol. The zero-order valence-electron chi connectivity index (χ0n) is 24.5. The Hall–Kier alpha value is -4.50. The highest BCUT2D eigenvalue weighted by atomic mass is 16.6. The Kier molecular flexibility index (Phi) is 15.0. The van der Waals surface area contributed by atoms with Crippen molar-refractivity contribution >= 4 is 23.7 Å². The van der Waals surface area contributed by atoms with E-state index in [0.29, 0.717) is 18.5 Å². The number of rotatable bonds is 19. The molecule has 9 heteroatoms. The normalized spacial score (nSPS) is 11.3. The minimum atomic E-state index is -0.944. The van der Waals surface area contributed by atoms with Crippen molar-refractivity contribution in [2.45, 2.75) is 70.6 Å². The van der Waals surface area contributed by atoms with Crippen LogP contribution in [0.1, 0.15) is 72.9 Å². The van der Waals surface area contributed by atoms with Gasteiger partial charge in [0.1, 0.15) is 12.6 Å². The van der Waals surface area contributed by atoms with E-state index in [-0.39, 0.29) is 44.3 Å². The van der Waals surface area contributed by atoms with Crippen LogP contribution in [0.5, 0.6) is 0 Å². The molecule has 43 heavy (non-hydrogen) atoms. The van der Waals surface area contributed by atoms with Crippen LogP contribution in [0.2, 0.25) is 0 Å². The van der Waals surface area contributed by atoms with Crippen LogP contribution in [-0.2, 0) is 37.2 Å². The smallest absolute Gasteiger partial charge is 0.306 e. The van der Waals surface area contributed by atoms with Gasteiger partial charge < -0.3 is 15.4 Å². The number of carbonyl (C=O) groups excluding carboxylic acids is 4. The Morgan fingerprint density at radius 1 is 0.651 bits per heavy atom. The summed E-state index contributed by atoms with van der Waals surface area (Å²) < 4.78 is 5.32. The average molecular weight is 588 g/mol. The first kappa shape index (κ1) is 33.0. The maximum absolute atomic E-state index is 12.8. The summed E-state index contributed by atoms with van der Waals surface area (Å²) >= 11 is 0. The van der Waals surface area contributed by atoms with Crippen molar-refractivity contribution in [1.29, 1.82) is 0 Å². The highest BCUT2D eigenvalue weighted by molar-refractivity contribution is 5.94. The molecule has 0 unspecified atom stereocenters. The zero-order valence-corrected chi connectivity index (χ0v) is 24.5. The Morgan fingerprint density at radius 2 is 1.23 bits per heavy atom. The van der Waals surface area contributed by atoms with Crippen LogP contribution >= 0.6 is 0 Å². The van der Waals surface area contributed by atoms with Gasteiger partial charge in [-0.1, -0.05) is 98.1 Å². The van der Waals surface area contributed by atoms with E-state index in [1.165, 1.54) is 0 Å². The molecule has 0 saturated heterocycles.